The number of nitrogens with zero attached hydrogens (tertiary/aromatic N) is 2. The first-order valence-corrected chi connectivity index (χ1v) is 10.2. The van der Waals surface area contributed by atoms with Crippen LogP contribution in [-0.4, -0.2) is 85.9 Å². The fourth-order valence-electron chi connectivity index (χ4n) is 3.91. The Labute approximate surface area is 162 Å². The molecule has 1 amide bonds. The lowest BCUT2D eigenvalue weighted by Crippen LogP contribution is -2.51. The van der Waals surface area contributed by atoms with Crippen LogP contribution >= 0.6 is 0 Å². The van der Waals surface area contributed by atoms with Crippen LogP contribution in [0.5, 0.6) is 0 Å². The lowest BCUT2D eigenvalue weighted by molar-refractivity contribution is -0.131. The third-order valence-corrected chi connectivity index (χ3v) is 5.61. The highest BCUT2D eigenvalue weighted by atomic mass is 16.5. The highest BCUT2D eigenvalue weighted by Gasteiger charge is 2.32. The number of ether oxygens (including phenoxy) is 1. The molecular weight excluding hydrogens is 342 g/mol. The Bertz CT molecular complexity index is 563. The summed E-state index contributed by atoms with van der Waals surface area (Å²) in [7, 11) is 0. The van der Waals surface area contributed by atoms with Crippen LogP contribution in [0.2, 0.25) is 0 Å². The first kappa shape index (κ1) is 20.3. The zero-order valence-electron chi connectivity index (χ0n) is 16.2. The van der Waals surface area contributed by atoms with Crippen LogP contribution in [0.25, 0.3) is 0 Å². The van der Waals surface area contributed by atoms with Gasteiger partial charge in [0.1, 0.15) is 0 Å². The minimum atomic E-state index is -0.529. The van der Waals surface area contributed by atoms with Crippen molar-refractivity contribution >= 4 is 5.91 Å². The number of amides is 1. The molecule has 0 radical (unpaired) electrons. The van der Waals surface area contributed by atoms with E-state index in [1.54, 1.807) is 0 Å². The maximum Gasteiger partial charge on any atom is 0.227 e. The number of aliphatic hydroxyl groups excluding tert-OH is 1. The number of aryl methyl sites for hydroxylation is 1. The average molecular weight is 376 g/mol. The molecule has 6 heteroatoms. The quantitative estimate of drug-likeness (QED) is 0.702. The van der Waals surface area contributed by atoms with E-state index in [1.165, 1.54) is 5.56 Å². The van der Waals surface area contributed by atoms with E-state index in [0.29, 0.717) is 19.5 Å². The van der Waals surface area contributed by atoms with Gasteiger partial charge in [0.25, 0.3) is 0 Å². The molecule has 2 aliphatic rings. The Morgan fingerprint density at radius 1 is 1.11 bits per heavy atom. The molecule has 0 bridgehead atoms. The van der Waals surface area contributed by atoms with Crippen molar-refractivity contribution in [3.63, 3.8) is 0 Å². The minimum Gasteiger partial charge on any atom is -0.392 e. The molecule has 2 fully saturated rings. The third kappa shape index (κ3) is 6.57. The molecule has 2 atom stereocenters. The summed E-state index contributed by atoms with van der Waals surface area (Å²) in [4.78, 5) is 17.2. The summed E-state index contributed by atoms with van der Waals surface area (Å²) in [5.74, 6) is -0.330. The maximum atomic E-state index is 12.6. The topological polar surface area (TPSA) is 65.0 Å². The van der Waals surface area contributed by atoms with Crippen LogP contribution in [0.15, 0.2) is 30.3 Å². The van der Waals surface area contributed by atoms with E-state index in [9.17, 15) is 9.90 Å². The van der Waals surface area contributed by atoms with E-state index in [4.69, 9.17) is 4.74 Å². The van der Waals surface area contributed by atoms with E-state index < -0.39 is 6.10 Å². The maximum absolute atomic E-state index is 12.6. The van der Waals surface area contributed by atoms with Gasteiger partial charge in [0, 0.05) is 39.3 Å². The zero-order valence-corrected chi connectivity index (χ0v) is 16.2. The van der Waals surface area contributed by atoms with Gasteiger partial charge in [0.05, 0.1) is 25.2 Å². The molecule has 0 saturated carbocycles. The molecule has 2 heterocycles. The van der Waals surface area contributed by atoms with Gasteiger partial charge in [-0.25, -0.2) is 0 Å². The summed E-state index contributed by atoms with van der Waals surface area (Å²) in [6.45, 7) is 7.37. The van der Waals surface area contributed by atoms with Crippen molar-refractivity contribution in [1.29, 1.82) is 0 Å². The Morgan fingerprint density at radius 2 is 1.89 bits per heavy atom. The molecular formula is C21H33N3O3. The Balaban J connectivity index is 1.37. The number of carbonyl (C=O) groups excluding carboxylic acids is 1. The fraction of sp³-hybridized carbons (Fsp3) is 0.667. The van der Waals surface area contributed by atoms with Gasteiger partial charge in [-0.05, 0) is 31.4 Å². The van der Waals surface area contributed by atoms with Gasteiger partial charge in [-0.1, -0.05) is 30.3 Å². The van der Waals surface area contributed by atoms with E-state index in [0.717, 1.165) is 58.8 Å². The molecule has 2 saturated heterocycles. The van der Waals surface area contributed by atoms with Crippen molar-refractivity contribution in [2.45, 2.75) is 25.4 Å². The van der Waals surface area contributed by atoms with Crippen LogP contribution in [0.1, 0.15) is 18.4 Å². The first-order valence-electron chi connectivity index (χ1n) is 10.2. The van der Waals surface area contributed by atoms with Crippen molar-refractivity contribution in [2.24, 2.45) is 5.92 Å². The van der Waals surface area contributed by atoms with Crippen molar-refractivity contribution in [1.82, 2.24) is 15.1 Å². The normalized spacial score (nSPS) is 24.6. The van der Waals surface area contributed by atoms with Crippen molar-refractivity contribution in [3.05, 3.63) is 35.9 Å². The highest BCUT2D eigenvalue weighted by molar-refractivity contribution is 5.79. The van der Waals surface area contributed by atoms with Crippen LogP contribution < -0.4 is 5.32 Å². The van der Waals surface area contributed by atoms with Crippen LogP contribution in [-0.2, 0) is 16.0 Å². The second-order valence-electron chi connectivity index (χ2n) is 7.60. The monoisotopic (exact) mass is 375 g/mol. The predicted molar refractivity (Wildman–Crippen MR) is 106 cm³/mol. The van der Waals surface area contributed by atoms with Crippen molar-refractivity contribution in [2.75, 3.05) is 59.0 Å². The molecule has 1 aromatic carbocycles. The second kappa shape index (κ2) is 10.8. The number of rotatable bonds is 8. The van der Waals surface area contributed by atoms with Gasteiger partial charge >= 0.3 is 0 Å². The number of aliphatic hydroxyl groups is 1. The van der Waals surface area contributed by atoms with E-state index in [-0.39, 0.29) is 11.8 Å². The molecule has 3 rings (SSSR count). The summed E-state index contributed by atoms with van der Waals surface area (Å²) in [6.07, 6.45) is 2.27. The number of hydrogen-bond donors (Lipinski definition) is 2. The second-order valence-corrected chi connectivity index (χ2v) is 7.60. The first-order chi connectivity index (χ1) is 13.2. The van der Waals surface area contributed by atoms with Crippen LogP contribution in [0.3, 0.4) is 0 Å². The van der Waals surface area contributed by atoms with Crippen LogP contribution in [0, 0.1) is 5.92 Å². The number of benzene rings is 1. The standard InChI is InChI=1S/C21H33N3O3/c25-20-8-11-24(10-4-7-18-5-2-1-3-6-18)17-19(20)21(26)22-9-12-23-13-15-27-16-14-23/h1-3,5-6,19-20,25H,4,7-17H2,(H,22,26)/t19-,20+/m0/s1. The van der Waals surface area contributed by atoms with Crippen molar-refractivity contribution < 1.29 is 14.6 Å². The Kier molecular flexibility index (Phi) is 8.08. The number of nitrogens with one attached hydrogen (secondary N) is 1. The van der Waals surface area contributed by atoms with Gasteiger partial charge in [-0.2, -0.15) is 0 Å². The van der Waals surface area contributed by atoms with E-state index in [2.05, 4.69) is 39.4 Å². The van der Waals surface area contributed by atoms with Crippen LogP contribution in [0.4, 0.5) is 0 Å². The molecule has 150 valence electrons. The molecule has 27 heavy (non-hydrogen) atoms. The summed E-state index contributed by atoms with van der Waals surface area (Å²) in [5.41, 5.74) is 1.35. The van der Waals surface area contributed by atoms with Gasteiger partial charge in [0.2, 0.25) is 5.91 Å². The Hall–Kier alpha value is -1.47. The number of likely N-dealkylation sites (tertiary alicyclic amines) is 1. The summed E-state index contributed by atoms with van der Waals surface area (Å²) in [6, 6.07) is 10.5. The summed E-state index contributed by atoms with van der Waals surface area (Å²) in [5, 5.41) is 13.3. The predicted octanol–water partition coefficient (Wildman–Crippen LogP) is 0.750. The van der Waals surface area contributed by atoms with Gasteiger partial charge < -0.3 is 20.1 Å². The summed E-state index contributed by atoms with van der Waals surface area (Å²) >= 11 is 0. The number of hydrogen-bond acceptors (Lipinski definition) is 5. The molecule has 0 aliphatic carbocycles. The third-order valence-electron chi connectivity index (χ3n) is 5.61. The average Bonchev–Trinajstić information content (AvgIpc) is 2.71. The van der Waals surface area contributed by atoms with Gasteiger partial charge in [0.15, 0.2) is 0 Å². The van der Waals surface area contributed by atoms with Crippen molar-refractivity contribution in [3.8, 4) is 0 Å². The molecule has 2 N–H and O–H groups in total. The largest absolute Gasteiger partial charge is 0.392 e. The van der Waals surface area contributed by atoms with E-state index in [1.807, 2.05) is 6.07 Å². The minimum absolute atomic E-state index is 0.0106. The lowest BCUT2D eigenvalue weighted by Gasteiger charge is -2.35. The SMILES string of the molecule is O=C(NCCN1CCOCC1)[C@H]1CN(CCCc2ccccc2)CC[C@H]1O. The molecule has 0 unspecified atom stereocenters. The molecule has 6 nitrogen and oxygen atoms in total. The molecule has 2 aliphatic heterocycles. The number of carbonyl (C=O) groups is 1. The number of piperidine rings is 1. The molecule has 1 aromatic rings. The van der Waals surface area contributed by atoms with E-state index >= 15 is 0 Å². The zero-order chi connectivity index (χ0) is 18.9. The number of morpholine rings is 1. The lowest BCUT2D eigenvalue weighted by atomic mass is 9.93. The fourth-order valence-corrected chi connectivity index (χ4v) is 3.91. The summed E-state index contributed by atoms with van der Waals surface area (Å²) < 4.78 is 5.34. The smallest absolute Gasteiger partial charge is 0.227 e. The Morgan fingerprint density at radius 3 is 2.67 bits per heavy atom. The highest BCUT2D eigenvalue weighted by Crippen LogP contribution is 2.18. The molecule has 0 spiro atoms. The molecule has 0 aromatic heterocycles. The van der Waals surface area contributed by atoms with Gasteiger partial charge in [-0.3, -0.25) is 9.69 Å². The van der Waals surface area contributed by atoms with Gasteiger partial charge in [-0.15, -0.1) is 0 Å².